The number of anilines is 1. The minimum absolute atomic E-state index is 0.478. The average Bonchev–Trinajstić information content (AvgIpc) is 3.24. The van der Waals surface area contributed by atoms with Gasteiger partial charge in [0.05, 0.1) is 12.3 Å². The van der Waals surface area contributed by atoms with Crippen molar-refractivity contribution in [1.29, 1.82) is 0 Å². The molecule has 0 saturated carbocycles. The predicted octanol–water partition coefficient (Wildman–Crippen LogP) is 3.59. The molecule has 0 saturated heterocycles. The van der Waals surface area contributed by atoms with Crippen LogP contribution in [0, 0.1) is 5.92 Å². The van der Waals surface area contributed by atoms with E-state index >= 15 is 0 Å². The molecule has 1 aromatic rings. The minimum Gasteiger partial charge on any atom is -0.477 e. The predicted molar refractivity (Wildman–Crippen MR) is 101 cm³/mol. The largest absolute Gasteiger partial charge is 0.477 e. The van der Waals surface area contributed by atoms with E-state index in [1.165, 1.54) is 66.5 Å². The van der Waals surface area contributed by atoms with Crippen molar-refractivity contribution in [2.24, 2.45) is 16.6 Å². The second-order valence-electron chi connectivity index (χ2n) is 7.03. The summed E-state index contributed by atoms with van der Waals surface area (Å²) in [5.41, 5.74) is 13.3. The van der Waals surface area contributed by atoms with Crippen molar-refractivity contribution < 1.29 is 4.74 Å². The van der Waals surface area contributed by atoms with Gasteiger partial charge in [-0.25, -0.2) is 0 Å². The van der Waals surface area contributed by atoms with Crippen LogP contribution in [0.1, 0.15) is 42.0 Å². The van der Waals surface area contributed by atoms with Crippen LogP contribution >= 0.6 is 11.9 Å². The van der Waals surface area contributed by atoms with Crippen molar-refractivity contribution in [3.8, 4) is 0 Å². The molecule has 1 atom stereocenters. The topological polar surface area (TPSA) is 59.6 Å². The van der Waals surface area contributed by atoms with E-state index in [1.807, 2.05) is 0 Å². The molecular formula is C19H25N3OS. The normalized spacial score (nSPS) is 22.6. The summed E-state index contributed by atoms with van der Waals surface area (Å²) in [5.74, 6) is 1.16. The van der Waals surface area contributed by atoms with E-state index in [2.05, 4.69) is 22.7 Å². The molecule has 0 amide bonds. The van der Waals surface area contributed by atoms with Crippen LogP contribution in [0.5, 0.6) is 0 Å². The van der Waals surface area contributed by atoms with Crippen LogP contribution < -0.4 is 10.5 Å². The summed E-state index contributed by atoms with van der Waals surface area (Å²) in [4.78, 5) is 5.40. The van der Waals surface area contributed by atoms with Crippen LogP contribution in [0.3, 0.4) is 0 Å². The van der Waals surface area contributed by atoms with Crippen molar-refractivity contribution in [3.63, 3.8) is 0 Å². The first-order valence-electron chi connectivity index (χ1n) is 8.95. The molecule has 2 aliphatic carbocycles. The number of nitrogens with one attached hydrogen (secondary N) is 1. The standard InChI is InChI=1S/C19H25N3OS/c1-12-10-21-19(23-11-12)17(9-20)24-22-18-15-6-2-4-13(15)8-14-5-3-7-16(14)18/h8-9,12,22H,2-7,10-11,20H2,1H3. The number of aliphatic imine (C=N–C) groups is 1. The summed E-state index contributed by atoms with van der Waals surface area (Å²) in [7, 11) is 0. The van der Waals surface area contributed by atoms with Crippen LogP contribution in [0.15, 0.2) is 22.2 Å². The molecule has 3 aliphatic rings. The number of fused-ring (bicyclic) bond motifs is 2. The lowest BCUT2D eigenvalue weighted by atomic mass is 9.99. The number of ether oxygens (including phenoxy) is 1. The maximum atomic E-state index is 5.84. The molecule has 5 heteroatoms. The van der Waals surface area contributed by atoms with Gasteiger partial charge >= 0.3 is 0 Å². The first-order valence-corrected chi connectivity index (χ1v) is 9.76. The molecule has 0 bridgehead atoms. The Morgan fingerprint density at radius 3 is 2.54 bits per heavy atom. The van der Waals surface area contributed by atoms with Gasteiger partial charge in [0, 0.05) is 18.7 Å². The summed E-state index contributed by atoms with van der Waals surface area (Å²) >= 11 is 1.54. The highest BCUT2D eigenvalue weighted by Crippen LogP contribution is 2.40. The summed E-state index contributed by atoms with van der Waals surface area (Å²) < 4.78 is 9.37. The van der Waals surface area contributed by atoms with Gasteiger partial charge in [-0.1, -0.05) is 13.0 Å². The molecule has 0 aromatic heterocycles. The molecule has 128 valence electrons. The van der Waals surface area contributed by atoms with Gasteiger partial charge in [0.25, 0.3) is 0 Å². The van der Waals surface area contributed by atoms with Crippen LogP contribution in [0.4, 0.5) is 5.69 Å². The van der Waals surface area contributed by atoms with Gasteiger partial charge in [0.15, 0.2) is 0 Å². The summed E-state index contributed by atoms with van der Waals surface area (Å²) in [5, 5.41) is 0. The lowest BCUT2D eigenvalue weighted by Gasteiger charge is -2.21. The fourth-order valence-corrected chi connectivity index (χ4v) is 4.64. The molecule has 1 aromatic carbocycles. The fourth-order valence-electron chi connectivity index (χ4n) is 3.90. The molecule has 24 heavy (non-hydrogen) atoms. The van der Waals surface area contributed by atoms with E-state index in [4.69, 9.17) is 10.5 Å². The van der Waals surface area contributed by atoms with E-state index in [0.717, 1.165) is 11.4 Å². The molecule has 1 aliphatic heterocycles. The van der Waals surface area contributed by atoms with Gasteiger partial charge in [0.1, 0.15) is 4.91 Å². The van der Waals surface area contributed by atoms with Crippen LogP contribution in [0.2, 0.25) is 0 Å². The number of nitrogens with two attached hydrogens (primary N) is 1. The van der Waals surface area contributed by atoms with Crippen molar-refractivity contribution in [1.82, 2.24) is 0 Å². The zero-order chi connectivity index (χ0) is 16.5. The monoisotopic (exact) mass is 343 g/mol. The highest BCUT2D eigenvalue weighted by atomic mass is 32.2. The number of rotatable bonds is 4. The Bertz CT molecular complexity index is 679. The molecule has 4 rings (SSSR count). The number of nitrogens with zero attached hydrogens (tertiary/aromatic N) is 1. The minimum atomic E-state index is 0.478. The van der Waals surface area contributed by atoms with Crippen LogP contribution in [-0.4, -0.2) is 19.0 Å². The second-order valence-corrected chi connectivity index (χ2v) is 7.88. The molecule has 1 unspecified atom stereocenters. The number of benzene rings is 1. The third kappa shape index (κ3) is 2.90. The Balaban J connectivity index is 1.56. The zero-order valence-corrected chi connectivity index (χ0v) is 15.0. The first kappa shape index (κ1) is 15.9. The highest BCUT2D eigenvalue weighted by Gasteiger charge is 2.25. The van der Waals surface area contributed by atoms with Gasteiger partial charge in [-0.15, -0.1) is 0 Å². The Morgan fingerprint density at radius 1 is 1.25 bits per heavy atom. The third-order valence-electron chi connectivity index (χ3n) is 5.15. The highest BCUT2D eigenvalue weighted by molar-refractivity contribution is 8.05. The number of aryl methyl sites for hydroxylation is 2. The Labute approximate surface area is 148 Å². The smallest absolute Gasteiger partial charge is 0.226 e. The lowest BCUT2D eigenvalue weighted by Crippen LogP contribution is -2.22. The summed E-state index contributed by atoms with van der Waals surface area (Å²) in [6.07, 6.45) is 8.94. The second kappa shape index (κ2) is 6.71. The van der Waals surface area contributed by atoms with Crippen molar-refractivity contribution in [2.75, 3.05) is 17.9 Å². The van der Waals surface area contributed by atoms with Gasteiger partial charge in [0.2, 0.25) is 5.90 Å². The van der Waals surface area contributed by atoms with Crippen LogP contribution in [-0.2, 0) is 30.4 Å². The van der Waals surface area contributed by atoms with Gasteiger partial charge in [-0.3, -0.25) is 4.99 Å². The van der Waals surface area contributed by atoms with E-state index in [9.17, 15) is 0 Å². The third-order valence-corrected chi connectivity index (χ3v) is 5.99. The quantitative estimate of drug-likeness (QED) is 0.820. The Morgan fingerprint density at radius 2 is 1.96 bits per heavy atom. The molecule has 3 N–H and O–H groups in total. The van der Waals surface area contributed by atoms with Crippen molar-refractivity contribution in [3.05, 3.63) is 39.4 Å². The van der Waals surface area contributed by atoms with E-state index in [-0.39, 0.29) is 0 Å². The van der Waals surface area contributed by atoms with Crippen LogP contribution in [0.25, 0.3) is 0 Å². The van der Waals surface area contributed by atoms with E-state index < -0.39 is 0 Å². The Hall–Kier alpha value is -1.62. The molecular weight excluding hydrogens is 318 g/mol. The summed E-state index contributed by atoms with van der Waals surface area (Å²) in [6.45, 7) is 3.67. The zero-order valence-electron chi connectivity index (χ0n) is 14.2. The van der Waals surface area contributed by atoms with Crippen molar-refractivity contribution in [2.45, 2.75) is 45.4 Å². The molecule has 0 spiro atoms. The Kier molecular flexibility index (Phi) is 4.44. The number of hydrogen-bond acceptors (Lipinski definition) is 5. The van der Waals surface area contributed by atoms with E-state index in [0.29, 0.717) is 18.4 Å². The fraction of sp³-hybridized carbons (Fsp3) is 0.526. The molecule has 0 radical (unpaired) electrons. The SMILES string of the molecule is CC1CN=C(C(=CN)SNc2c3c(cc4c2CCC4)CCC3)OC1. The average molecular weight is 343 g/mol. The molecule has 1 heterocycles. The first-order chi connectivity index (χ1) is 11.8. The molecule has 0 fully saturated rings. The number of hydrogen-bond donors (Lipinski definition) is 2. The summed E-state index contributed by atoms with van der Waals surface area (Å²) in [6, 6.07) is 2.45. The molecule has 4 nitrogen and oxygen atoms in total. The van der Waals surface area contributed by atoms with Gasteiger partial charge in [-0.2, -0.15) is 0 Å². The maximum absolute atomic E-state index is 5.84. The van der Waals surface area contributed by atoms with E-state index in [1.54, 1.807) is 18.1 Å². The van der Waals surface area contributed by atoms with Crippen molar-refractivity contribution >= 4 is 23.5 Å². The lowest BCUT2D eigenvalue weighted by molar-refractivity contribution is 0.233. The maximum Gasteiger partial charge on any atom is 0.226 e. The van der Waals surface area contributed by atoms with Gasteiger partial charge in [-0.05, 0) is 72.7 Å². The van der Waals surface area contributed by atoms with Gasteiger partial charge < -0.3 is 15.2 Å².